The monoisotopic (exact) mass is 303 g/mol. The summed E-state index contributed by atoms with van der Waals surface area (Å²) < 4.78 is 0. The van der Waals surface area contributed by atoms with Gasteiger partial charge in [0.1, 0.15) is 6.04 Å². The van der Waals surface area contributed by atoms with Gasteiger partial charge in [-0.2, -0.15) is 0 Å². The van der Waals surface area contributed by atoms with Gasteiger partial charge in [0.2, 0.25) is 11.8 Å². The number of nitrogens with one attached hydrogen (secondary N) is 2. The van der Waals surface area contributed by atoms with E-state index >= 15 is 0 Å². The second kappa shape index (κ2) is 6.38. The van der Waals surface area contributed by atoms with Gasteiger partial charge in [-0.3, -0.25) is 9.59 Å². The van der Waals surface area contributed by atoms with E-state index in [2.05, 4.69) is 10.6 Å². The Labute approximate surface area is 132 Å². The molecular weight excluding hydrogens is 278 g/mol. The molecule has 1 aromatic rings. The minimum absolute atomic E-state index is 0.0358. The lowest BCUT2D eigenvalue weighted by atomic mass is 10.1. The predicted octanol–water partition coefficient (Wildman–Crippen LogP) is 2.53. The summed E-state index contributed by atoms with van der Waals surface area (Å²) in [5.74, 6) is 0.143. The zero-order valence-corrected chi connectivity index (χ0v) is 13.8. The number of rotatable bonds is 4. The van der Waals surface area contributed by atoms with E-state index in [4.69, 9.17) is 0 Å². The Morgan fingerprint density at radius 3 is 2.36 bits per heavy atom. The third-order valence-corrected chi connectivity index (χ3v) is 3.53. The molecule has 1 saturated heterocycles. The van der Waals surface area contributed by atoms with Gasteiger partial charge in [0, 0.05) is 29.9 Å². The van der Waals surface area contributed by atoms with E-state index < -0.39 is 0 Å². The molecule has 0 bridgehead atoms. The summed E-state index contributed by atoms with van der Waals surface area (Å²) in [7, 11) is 0. The van der Waals surface area contributed by atoms with Gasteiger partial charge in [0.25, 0.3) is 0 Å². The lowest BCUT2D eigenvalue weighted by molar-refractivity contribution is -0.123. The highest BCUT2D eigenvalue weighted by molar-refractivity contribution is 5.95. The van der Waals surface area contributed by atoms with Gasteiger partial charge in [0.15, 0.2) is 0 Å². The van der Waals surface area contributed by atoms with Crippen LogP contribution in [0.15, 0.2) is 24.3 Å². The summed E-state index contributed by atoms with van der Waals surface area (Å²) >= 11 is 0. The second-order valence-electron chi connectivity index (χ2n) is 6.80. The van der Waals surface area contributed by atoms with Crippen molar-refractivity contribution in [1.29, 1.82) is 0 Å². The molecular formula is C17H25N3O2. The Morgan fingerprint density at radius 2 is 1.86 bits per heavy atom. The van der Waals surface area contributed by atoms with Crippen LogP contribution in [0.3, 0.4) is 0 Å². The molecule has 120 valence electrons. The average Bonchev–Trinajstić information content (AvgIpc) is 2.84. The van der Waals surface area contributed by atoms with Gasteiger partial charge < -0.3 is 15.5 Å². The molecule has 2 rings (SSSR count). The number of benzene rings is 1. The number of hydrogen-bond donors (Lipinski definition) is 2. The number of nitrogens with zero attached hydrogens (tertiary/aromatic N) is 1. The molecule has 1 fully saturated rings. The van der Waals surface area contributed by atoms with Crippen molar-refractivity contribution >= 4 is 23.2 Å². The van der Waals surface area contributed by atoms with Gasteiger partial charge >= 0.3 is 0 Å². The fourth-order valence-electron chi connectivity index (χ4n) is 2.45. The van der Waals surface area contributed by atoms with Crippen LogP contribution in [0.5, 0.6) is 0 Å². The molecule has 1 atom stereocenters. The summed E-state index contributed by atoms with van der Waals surface area (Å²) in [6.07, 6.45) is 1.55. The summed E-state index contributed by atoms with van der Waals surface area (Å²) in [6, 6.07) is 7.32. The quantitative estimate of drug-likeness (QED) is 0.898. The van der Waals surface area contributed by atoms with E-state index in [9.17, 15) is 9.59 Å². The molecule has 0 aliphatic carbocycles. The first-order valence-corrected chi connectivity index (χ1v) is 7.75. The maximum absolute atomic E-state index is 12.1. The predicted molar refractivity (Wildman–Crippen MR) is 89.0 cm³/mol. The van der Waals surface area contributed by atoms with E-state index in [1.807, 2.05) is 52.0 Å². The van der Waals surface area contributed by atoms with E-state index in [-0.39, 0.29) is 23.4 Å². The fourth-order valence-corrected chi connectivity index (χ4v) is 2.45. The maximum Gasteiger partial charge on any atom is 0.242 e. The summed E-state index contributed by atoms with van der Waals surface area (Å²) in [5.41, 5.74) is 1.54. The number of hydrogen-bond acceptors (Lipinski definition) is 3. The molecule has 1 unspecified atom stereocenters. The molecule has 22 heavy (non-hydrogen) atoms. The topological polar surface area (TPSA) is 61.4 Å². The SMILES string of the molecule is CC(Nc1ccc(N2CCCC2=O)cc1)C(=O)NC(C)(C)C. The number of anilines is 2. The smallest absolute Gasteiger partial charge is 0.242 e. The lowest BCUT2D eigenvalue weighted by Crippen LogP contribution is -2.47. The first-order chi connectivity index (χ1) is 10.3. The average molecular weight is 303 g/mol. The van der Waals surface area contributed by atoms with Crippen molar-refractivity contribution in [2.24, 2.45) is 0 Å². The molecule has 0 aromatic heterocycles. The van der Waals surface area contributed by atoms with Gasteiger partial charge in [-0.1, -0.05) is 0 Å². The molecule has 0 radical (unpaired) electrons. The minimum atomic E-state index is -0.321. The standard InChI is InChI=1S/C17H25N3O2/c1-12(16(22)19-17(2,3)4)18-13-7-9-14(10-8-13)20-11-5-6-15(20)21/h7-10,12,18H,5-6,11H2,1-4H3,(H,19,22). The zero-order valence-electron chi connectivity index (χ0n) is 13.8. The van der Waals surface area contributed by atoms with E-state index in [0.29, 0.717) is 6.42 Å². The van der Waals surface area contributed by atoms with Crippen molar-refractivity contribution in [2.75, 3.05) is 16.8 Å². The zero-order chi connectivity index (χ0) is 16.3. The van der Waals surface area contributed by atoms with Crippen LogP contribution in [0.4, 0.5) is 11.4 Å². The highest BCUT2D eigenvalue weighted by Gasteiger charge is 2.22. The molecule has 2 N–H and O–H groups in total. The number of carbonyl (C=O) groups excluding carboxylic acids is 2. The maximum atomic E-state index is 12.1. The van der Waals surface area contributed by atoms with Gasteiger partial charge in [0.05, 0.1) is 0 Å². The van der Waals surface area contributed by atoms with Crippen molar-refractivity contribution in [3.05, 3.63) is 24.3 Å². The van der Waals surface area contributed by atoms with Crippen LogP contribution in [-0.4, -0.2) is 29.9 Å². The Hall–Kier alpha value is -2.04. The molecule has 2 amide bonds. The van der Waals surface area contributed by atoms with Crippen molar-refractivity contribution in [3.63, 3.8) is 0 Å². The number of carbonyl (C=O) groups is 2. The van der Waals surface area contributed by atoms with Crippen LogP contribution >= 0.6 is 0 Å². The first-order valence-electron chi connectivity index (χ1n) is 7.75. The molecule has 5 nitrogen and oxygen atoms in total. The van der Waals surface area contributed by atoms with Crippen LogP contribution in [-0.2, 0) is 9.59 Å². The van der Waals surface area contributed by atoms with Crippen molar-refractivity contribution < 1.29 is 9.59 Å². The highest BCUT2D eigenvalue weighted by atomic mass is 16.2. The lowest BCUT2D eigenvalue weighted by Gasteiger charge is -2.24. The Balaban J connectivity index is 1.96. The van der Waals surface area contributed by atoms with Crippen LogP contribution in [0.2, 0.25) is 0 Å². The molecule has 1 aliphatic heterocycles. The van der Waals surface area contributed by atoms with Gasteiger partial charge in [-0.05, 0) is 58.4 Å². The molecule has 1 aliphatic rings. The second-order valence-corrected chi connectivity index (χ2v) is 6.80. The molecule has 0 saturated carbocycles. The van der Waals surface area contributed by atoms with Crippen molar-refractivity contribution in [2.45, 2.75) is 52.1 Å². The minimum Gasteiger partial charge on any atom is -0.374 e. The fraction of sp³-hybridized carbons (Fsp3) is 0.529. The van der Waals surface area contributed by atoms with Crippen LogP contribution in [0, 0.1) is 0 Å². The summed E-state index contributed by atoms with van der Waals surface area (Å²) in [6.45, 7) is 8.49. The summed E-state index contributed by atoms with van der Waals surface area (Å²) in [4.78, 5) is 25.6. The molecule has 1 heterocycles. The molecule has 1 aromatic carbocycles. The van der Waals surface area contributed by atoms with E-state index in [1.54, 1.807) is 4.90 Å². The van der Waals surface area contributed by atoms with Crippen LogP contribution in [0.25, 0.3) is 0 Å². The summed E-state index contributed by atoms with van der Waals surface area (Å²) in [5, 5.41) is 6.12. The third-order valence-electron chi connectivity index (χ3n) is 3.53. The Bertz CT molecular complexity index is 546. The van der Waals surface area contributed by atoms with E-state index in [0.717, 1.165) is 24.3 Å². The van der Waals surface area contributed by atoms with E-state index in [1.165, 1.54) is 0 Å². The van der Waals surface area contributed by atoms with Crippen LogP contribution < -0.4 is 15.5 Å². The third kappa shape index (κ3) is 4.23. The van der Waals surface area contributed by atoms with Crippen LogP contribution in [0.1, 0.15) is 40.5 Å². The van der Waals surface area contributed by atoms with Gasteiger partial charge in [-0.15, -0.1) is 0 Å². The number of amides is 2. The largest absolute Gasteiger partial charge is 0.374 e. The first kappa shape index (κ1) is 16.3. The van der Waals surface area contributed by atoms with Crippen molar-refractivity contribution in [3.8, 4) is 0 Å². The normalized spacial score (nSPS) is 16.5. The molecule has 0 spiro atoms. The molecule has 5 heteroatoms. The van der Waals surface area contributed by atoms with Gasteiger partial charge in [-0.25, -0.2) is 0 Å². The van der Waals surface area contributed by atoms with Crippen molar-refractivity contribution in [1.82, 2.24) is 5.32 Å². The highest BCUT2D eigenvalue weighted by Crippen LogP contribution is 2.23. The Kier molecular flexibility index (Phi) is 4.74. The Morgan fingerprint density at radius 1 is 1.23 bits per heavy atom.